The molecular formula is C21H22F3N3O2S. The van der Waals surface area contributed by atoms with Crippen LogP contribution in [0, 0.1) is 12.8 Å². The molecular weight excluding hydrogens is 415 g/mol. The average molecular weight is 437 g/mol. The van der Waals surface area contributed by atoms with Gasteiger partial charge in [0.2, 0.25) is 0 Å². The normalized spacial score (nSPS) is 17.6. The maximum absolute atomic E-state index is 13.0. The molecule has 30 heavy (non-hydrogen) atoms. The van der Waals surface area contributed by atoms with E-state index in [4.69, 9.17) is 0 Å². The van der Waals surface area contributed by atoms with Crippen LogP contribution in [0.2, 0.25) is 0 Å². The van der Waals surface area contributed by atoms with Crippen LogP contribution in [0.4, 0.5) is 13.2 Å². The number of carbonyl (C=O) groups is 2. The first-order valence-electron chi connectivity index (χ1n) is 10.00. The summed E-state index contributed by atoms with van der Waals surface area (Å²) in [6.45, 7) is 3.93. The Labute approximate surface area is 175 Å². The number of hydrogen-bond donors (Lipinski definition) is 0. The van der Waals surface area contributed by atoms with Crippen molar-refractivity contribution in [3.05, 3.63) is 50.8 Å². The van der Waals surface area contributed by atoms with E-state index in [0.717, 1.165) is 54.8 Å². The van der Waals surface area contributed by atoms with Crippen molar-refractivity contribution in [2.24, 2.45) is 10.9 Å². The summed E-state index contributed by atoms with van der Waals surface area (Å²) in [6.07, 6.45) is -0.415. The first-order chi connectivity index (χ1) is 14.2. The van der Waals surface area contributed by atoms with Crippen molar-refractivity contribution >= 4 is 23.2 Å². The van der Waals surface area contributed by atoms with Crippen molar-refractivity contribution in [2.75, 3.05) is 13.1 Å². The number of alkyl halides is 3. The van der Waals surface area contributed by atoms with Crippen LogP contribution in [0.3, 0.4) is 0 Å². The van der Waals surface area contributed by atoms with E-state index in [1.54, 1.807) is 4.90 Å². The quantitative estimate of drug-likeness (QED) is 0.718. The number of hydrogen-bond acceptors (Lipinski definition) is 3. The molecule has 2 fully saturated rings. The molecule has 0 spiro atoms. The number of aromatic nitrogens is 1. The Balaban J connectivity index is 1.71. The van der Waals surface area contributed by atoms with Gasteiger partial charge in [0.1, 0.15) is 4.88 Å². The molecule has 1 aliphatic carbocycles. The number of halogens is 3. The molecule has 9 heteroatoms. The van der Waals surface area contributed by atoms with E-state index in [-0.39, 0.29) is 11.5 Å². The van der Waals surface area contributed by atoms with Gasteiger partial charge in [-0.25, -0.2) is 0 Å². The van der Waals surface area contributed by atoms with Gasteiger partial charge in [-0.2, -0.15) is 18.2 Å². The minimum Gasteiger partial charge on any atom is -0.338 e. The van der Waals surface area contributed by atoms with E-state index in [9.17, 15) is 22.8 Å². The third kappa shape index (κ3) is 4.35. The van der Waals surface area contributed by atoms with Gasteiger partial charge in [0.15, 0.2) is 4.80 Å². The Morgan fingerprint density at radius 3 is 2.53 bits per heavy atom. The lowest BCUT2D eigenvalue weighted by Gasteiger charge is -2.14. The summed E-state index contributed by atoms with van der Waals surface area (Å²) in [4.78, 5) is 32.4. The molecule has 1 saturated heterocycles. The van der Waals surface area contributed by atoms with Crippen LogP contribution in [0.25, 0.3) is 0 Å². The zero-order valence-corrected chi connectivity index (χ0v) is 17.4. The maximum Gasteiger partial charge on any atom is 0.416 e. The van der Waals surface area contributed by atoms with Crippen LogP contribution >= 0.6 is 11.3 Å². The highest BCUT2D eigenvalue weighted by atomic mass is 32.1. The second kappa shape index (κ2) is 8.02. The van der Waals surface area contributed by atoms with Gasteiger partial charge < -0.3 is 9.47 Å². The van der Waals surface area contributed by atoms with Gasteiger partial charge in [-0.05, 0) is 56.7 Å². The van der Waals surface area contributed by atoms with Crippen molar-refractivity contribution in [3.8, 4) is 0 Å². The number of nitrogens with zero attached hydrogens (tertiary/aromatic N) is 3. The van der Waals surface area contributed by atoms with E-state index in [2.05, 4.69) is 4.99 Å². The van der Waals surface area contributed by atoms with E-state index >= 15 is 0 Å². The number of rotatable bonds is 4. The van der Waals surface area contributed by atoms with Crippen LogP contribution in [0.1, 0.15) is 57.0 Å². The van der Waals surface area contributed by atoms with Crippen LogP contribution < -0.4 is 4.80 Å². The first kappa shape index (κ1) is 20.8. The van der Waals surface area contributed by atoms with Crippen molar-refractivity contribution in [2.45, 2.75) is 45.3 Å². The van der Waals surface area contributed by atoms with E-state index in [1.807, 2.05) is 11.5 Å². The van der Waals surface area contributed by atoms with Gasteiger partial charge in [0, 0.05) is 30.9 Å². The zero-order chi connectivity index (χ0) is 21.5. The Bertz CT molecular complexity index is 1040. The molecule has 0 atom stereocenters. The zero-order valence-electron chi connectivity index (χ0n) is 16.5. The number of amides is 2. The van der Waals surface area contributed by atoms with Crippen molar-refractivity contribution in [1.29, 1.82) is 0 Å². The summed E-state index contributed by atoms with van der Waals surface area (Å²) in [5, 5.41) is 0. The maximum atomic E-state index is 13.0. The fraction of sp³-hybridized carbons (Fsp3) is 0.476. The highest BCUT2D eigenvalue weighted by Gasteiger charge is 2.31. The summed E-state index contributed by atoms with van der Waals surface area (Å²) >= 11 is 1.15. The predicted molar refractivity (Wildman–Crippen MR) is 106 cm³/mol. The largest absolute Gasteiger partial charge is 0.416 e. The van der Waals surface area contributed by atoms with Crippen LogP contribution in [0.5, 0.6) is 0 Å². The molecule has 2 amide bonds. The second-order valence-electron chi connectivity index (χ2n) is 7.85. The topological polar surface area (TPSA) is 54.7 Å². The summed E-state index contributed by atoms with van der Waals surface area (Å²) in [6, 6.07) is 4.26. The Morgan fingerprint density at radius 1 is 1.20 bits per heavy atom. The minimum atomic E-state index is -4.53. The first-order valence-corrected chi connectivity index (χ1v) is 10.8. The molecule has 0 N–H and O–H groups in total. The fourth-order valence-corrected chi connectivity index (χ4v) is 4.69. The Kier molecular flexibility index (Phi) is 5.57. The molecule has 1 aromatic heterocycles. The molecule has 5 nitrogen and oxygen atoms in total. The third-order valence-corrected chi connectivity index (χ3v) is 6.69. The molecule has 2 aromatic rings. The van der Waals surface area contributed by atoms with Crippen molar-refractivity contribution in [3.63, 3.8) is 0 Å². The monoisotopic (exact) mass is 437 g/mol. The third-order valence-electron chi connectivity index (χ3n) is 5.52. The minimum absolute atomic E-state index is 0.0625. The standard InChI is InChI=1S/C21H22F3N3O2S/c1-13-17(19(29)26-9-2-3-10-26)30-20(27(13)12-14-7-8-14)25-18(28)15-5-4-6-16(11-15)21(22,23)24/h4-6,11,14H,2-3,7-10,12H2,1H3/b25-20-. The Hall–Kier alpha value is -2.42. The van der Waals surface area contributed by atoms with Gasteiger partial charge in [0.25, 0.3) is 11.8 Å². The fourth-order valence-electron chi connectivity index (χ4n) is 3.59. The van der Waals surface area contributed by atoms with Crippen LogP contribution in [-0.2, 0) is 12.7 Å². The number of likely N-dealkylation sites (tertiary alicyclic amines) is 1. The second-order valence-corrected chi connectivity index (χ2v) is 8.83. The van der Waals surface area contributed by atoms with E-state index in [1.165, 1.54) is 12.1 Å². The molecule has 1 saturated carbocycles. The highest BCUT2D eigenvalue weighted by molar-refractivity contribution is 7.11. The molecule has 1 aliphatic heterocycles. The van der Waals surface area contributed by atoms with E-state index < -0.39 is 17.6 Å². The molecule has 2 aliphatic rings. The molecule has 1 aromatic carbocycles. The Morgan fingerprint density at radius 2 is 1.90 bits per heavy atom. The summed E-state index contributed by atoms with van der Waals surface area (Å²) < 4.78 is 40.8. The molecule has 0 unspecified atom stereocenters. The highest BCUT2D eigenvalue weighted by Crippen LogP contribution is 2.32. The van der Waals surface area contributed by atoms with Gasteiger partial charge >= 0.3 is 6.18 Å². The molecule has 0 radical (unpaired) electrons. The van der Waals surface area contributed by atoms with Gasteiger partial charge in [-0.3, -0.25) is 9.59 Å². The predicted octanol–water partition coefficient (Wildman–Crippen LogP) is 4.26. The molecule has 0 bridgehead atoms. The number of carbonyl (C=O) groups excluding carboxylic acids is 2. The molecule has 160 valence electrons. The smallest absolute Gasteiger partial charge is 0.338 e. The van der Waals surface area contributed by atoms with Crippen LogP contribution in [-0.4, -0.2) is 34.4 Å². The van der Waals surface area contributed by atoms with Gasteiger partial charge in [0.05, 0.1) is 5.56 Å². The van der Waals surface area contributed by atoms with Crippen molar-refractivity contribution in [1.82, 2.24) is 9.47 Å². The molecule has 4 rings (SSSR count). The lowest BCUT2D eigenvalue weighted by molar-refractivity contribution is -0.137. The molecule has 2 heterocycles. The summed E-state index contributed by atoms with van der Waals surface area (Å²) in [5.41, 5.74) is -0.248. The van der Waals surface area contributed by atoms with Gasteiger partial charge in [-0.15, -0.1) is 0 Å². The van der Waals surface area contributed by atoms with Crippen molar-refractivity contribution < 1.29 is 22.8 Å². The van der Waals surface area contributed by atoms with E-state index in [0.29, 0.717) is 35.2 Å². The lowest BCUT2D eigenvalue weighted by Crippen LogP contribution is -2.27. The average Bonchev–Trinajstić information content (AvgIpc) is 3.26. The number of thiazole rings is 1. The van der Waals surface area contributed by atoms with Crippen LogP contribution in [0.15, 0.2) is 29.3 Å². The SMILES string of the molecule is Cc1c(C(=O)N2CCCC2)s/c(=N\C(=O)c2cccc(C(F)(F)F)c2)n1CC1CC1. The van der Waals surface area contributed by atoms with Gasteiger partial charge in [-0.1, -0.05) is 17.4 Å². The lowest BCUT2D eigenvalue weighted by atomic mass is 10.1. The number of benzene rings is 1. The summed E-state index contributed by atoms with van der Waals surface area (Å²) in [7, 11) is 0. The summed E-state index contributed by atoms with van der Waals surface area (Å²) in [5.74, 6) is -0.324.